The summed E-state index contributed by atoms with van der Waals surface area (Å²) in [6.07, 6.45) is 11.8. The number of nitrogens with one attached hydrogen (secondary N) is 1. The number of fused-ring (bicyclic) bond motifs is 3. The van der Waals surface area contributed by atoms with Gasteiger partial charge in [0.1, 0.15) is 0 Å². The first-order valence-electron chi connectivity index (χ1n) is 11.1. The summed E-state index contributed by atoms with van der Waals surface area (Å²) in [4.78, 5) is 15.5. The van der Waals surface area contributed by atoms with E-state index in [4.69, 9.17) is 0 Å². The maximum Gasteiger partial charge on any atom is 0.255 e. The van der Waals surface area contributed by atoms with Gasteiger partial charge in [-0.25, -0.2) is 0 Å². The van der Waals surface area contributed by atoms with Gasteiger partial charge in [-0.05, 0) is 42.4 Å². The topological polar surface area (TPSA) is 32.3 Å². The molecule has 5 rings (SSSR count). The molecule has 3 heteroatoms. The molecule has 3 nitrogen and oxygen atoms in total. The molecule has 2 aromatic carbocycles. The Morgan fingerprint density at radius 3 is 2.59 bits per heavy atom. The van der Waals surface area contributed by atoms with Crippen LogP contribution in [0, 0.1) is 5.92 Å². The van der Waals surface area contributed by atoms with E-state index >= 15 is 0 Å². The highest BCUT2D eigenvalue weighted by atomic mass is 16.2. The normalized spacial score (nSPS) is 25.8. The minimum atomic E-state index is 0.161. The van der Waals surface area contributed by atoms with Gasteiger partial charge in [0.25, 0.3) is 5.91 Å². The second kappa shape index (κ2) is 7.70. The predicted molar refractivity (Wildman–Crippen MR) is 118 cm³/mol. The molecule has 3 unspecified atom stereocenters. The van der Waals surface area contributed by atoms with Gasteiger partial charge in [-0.3, -0.25) is 4.79 Å². The Kier molecular flexibility index (Phi) is 4.91. The molecule has 3 atom stereocenters. The Morgan fingerprint density at radius 1 is 1.00 bits per heavy atom. The zero-order valence-electron chi connectivity index (χ0n) is 17.2. The summed E-state index contributed by atoms with van der Waals surface area (Å²) in [5.41, 5.74) is 4.45. The number of para-hydroxylation sites is 1. The van der Waals surface area contributed by atoms with Gasteiger partial charge in [-0.2, -0.15) is 0 Å². The summed E-state index contributed by atoms with van der Waals surface area (Å²) >= 11 is 0. The van der Waals surface area contributed by atoms with Crippen molar-refractivity contribution >= 4 is 11.6 Å². The second-order valence-electron chi connectivity index (χ2n) is 8.86. The maximum absolute atomic E-state index is 13.5. The summed E-state index contributed by atoms with van der Waals surface area (Å²) < 4.78 is 0. The Bertz CT molecular complexity index is 914. The van der Waals surface area contributed by atoms with Gasteiger partial charge in [0, 0.05) is 19.0 Å². The molecule has 0 spiro atoms. The van der Waals surface area contributed by atoms with Crippen LogP contribution >= 0.6 is 0 Å². The Labute approximate surface area is 173 Å². The fourth-order valence-electron chi connectivity index (χ4n) is 5.61. The molecule has 0 radical (unpaired) electrons. The first-order valence-corrected chi connectivity index (χ1v) is 11.1. The van der Waals surface area contributed by atoms with Crippen molar-refractivity contribution in [3.8, 4) is 0 Å². The third-order valence-corrected chi connectivity index (χ3v) is 7.23. The molecular formula is C26H30N2O. The molecule has 2 aromatic rings. The highest BCUT2D eigenvalue weighted by Crippen LogP contribution is 2.50. The smallest absolute Gasteiger partial charge is 0.255 e. The minimum Gasteiger partial charge on any atom is -0.377 e. The van der Waals surface area contributed by atoms with Crippen molar-refractivity contribution < 1.29 is 4.79 Å². The zero-order valence-corrected chi connectivity index (χ0v) is 17.2. The number of hydrogen-bond donors (Lipinski definition) is 1. The summed E-state index contributed by atoms with van der Waals surface area (Å²) in [6.45, 7) is 0. The fraction of sp³-hybridized carbons (Fsp3) is 0.423. The van der Waals surface area contributed by atoms with Crippen LogP contribution in [0.4, 0.5) is 5.69 Å². The number of rotatable bonds is 3. The molecule has 0 bridgehead atoms. The summed E-state index contributed by atoms with van der Waals surface area (Å²) in [5.74, 6) is 1.05. The number of nitrogens with zero attached hydrogens (tertiary/aromatic N) is 1. The van der Waals surface area contributed by atoms with Crippen molar-refractivity contribution in [3.05, 3.63) is 77.4 Å². The van der Waals surface area contributed by atoms with E-state index in [-0.39, 0.29) is 11.9 Å². The van der Waals surface area contributed by atoms with Crippen LogP contribution < -0.4 is 5.32 Å². The van der Waals surface area contributed by atoms with Gasteiger partial charge in [0.2, 0.25) is 0 Å². The third-order valence-electron chi connectivity index (χ3n) is 7.23. The molecule has 2 aliphatic carbocycles. The molecular weight excluding hydrogens is 356 g/mol. The first-order chi connectivity index (χ1) is 14.2. The van der Waals surface area contributed by atoms with E-state index in [0.29, 0.717) is 17.9 Å². The van der Waals surface area contributed by atoms with Crippen LogP contribution in [-0.2, 0) is 0 Å². The lowest BCUT2D eigenvalue weighted by atomic mass is 9.76. The summed E-state index contributed by atoms with van der Waals surface area (Å²) in [6, 6.07) is 17.6. The van der Waals surface area contributed by atoms with E-state index in [2.05, 4.69) is 59.9 Å². The SMILES string of the molecule is CN(C(=O)c1cccc2c1NC(c1ccccc1)C1CC=CC21)C1CCCCC1. The highest BCUT2D eigenvalue weighted by Gasteiger charge is 2.39. The minimum absolute atomic E-state index is 0.161. The molecule has 0 saturated heterocycles. The number of hydrogen-bond acceptors (Lipinski definition) is 2. The molecule has 1 amide bonds. The molecule has 1 aliphatic heterocycles. The van der Waals surface area contributed by atoms with Crippen LogP contribution in [-0.4, -0.2) is 23.9 Å². The number of carbonyl (C=O) groups excluding carboxylic acids is 1. The second-order valence-corrected chi connectivity index (χ2v) is 8.86. The lowest BCUT2D eigenvalue weighted by Crippen LogP contribution is -2.39. The van der Waals surface area contributed by atoms with E-state index < -0.39 is 0 Å². The van der Waals surface area contributed by atoms with E-state index in [1.54, 1.807) is 0 Å². The molecule has 1 N–H and O–H groups in total. The zero-order chi connectivity index (χ0) is 19.8. The highest BCUT2D eigenvalue weighted by molar-refractivity contribution is 6.01. The molecule has 1 saturated carbocycles. The number of carbonyl (C=O) groups is 1. The number of amides is 1. The van der Waals surface area contributed by atoms with Crippen molar-refractivity contribution in [2.45, 2.75) is 56.5 Å². The summed E-state index contributed by atoms with van der Waals surface area (Å²) in [5, 5.41) is 3.80. The van der Waals surface area contributed by atoms with Gasteiger partial charge in [-0.15, -0.1) is 0 Å². The Morgan fingerprint density at radius 2 is 1.79 bits per heavy atom. The monoisotopic (exact) mass is 386 g/mol. The largest absolute Gasteiger partial charge is 0.377 e. The number of anilines is 1. The van der Waals surface area contributed by atoms with Crippen molar-refractivity contribution in [3.63, 3.8) is 0 Å². The van der Waals surface area contributed by atoms with Crippen LogP contribution in [0.25, 0.3) is 0 Å². The lowest BCUT2D eigenvalue weighted by molar-refractivity contribution is 0.0697. The molecule has 150 valence electrons. The van der Waals surface area contributed by atoms with Crippen LogP contribution in [0.3, 0.4) is 0 Å². The number of benzene rings is 2. The quantitative estimate of drug-likeness (QED) is 0.664. The van der Waals surface area contributed by atoms with Crippen LogP contribution in [0.5, 0.6) is 0 Å². The Balaban J connectivity index is 1.51. The molecule has 0 aromatic heterocycles. The average Bonchev–Trinajstić information content (AvgIpc) is 3.28. The standard InChI is InChI=1S/C26H30N2O/c1-28(19-12-6-3-7-13-19)26(29)23-17-9-16-22-20-14-8-15-21(20)24(27-25(22)23)18-10-4-2-5-11-18/h2,4-5,8-11,14,16-17,19-21,24,27H,3,6-7,12-13,15H2,1H3. The molecule has 3 aliphatic rings. The van der Waals surface area contributed by atoms with Crippen molar-refractivity contribution in [1.82, 2.24) is 4.90 Å². The molecule has 1 fully saturated rings. The lowest BCUT2D eigenvalue weighted by Gasteiger charge is -2.39. The van der Waals surface area contributed by atoms with Crippen molar-refractivity contribution in [2.24, 2.45) is 5.92 Å². The van der Waals surface area contributed by atoms with Gasteiger partial charge in [0.05, 0.1) is 17.3 Å². The predicted octanol–water partition coefficient (Wildman–Crippen LogP) is 5.92. The van der Waals surface area contributed by atoms with Gasteiger partial charge in [0.15, 0.2) is 0 Å². The van der Waals surface area contributed by atoms with Gasteiger partial charge >= 0.3 is 0 Å². The molecule has 1 heterocycles. The number of allylic oxidation sites excluding steroid dienone is 2. The van der Waals surface area contributed by atoms with E-state index in [0.717, 1.165) is 30.5 Å². The average molecular weight is 387 g/mol. The van der Waals surface area contributed by atoms with Crippen LogP contribution in [0.2, 0.25) is 0 Å². The van der Waals surface area contributed by atoms with Gasteiger partial charge in [-0.1, -0.05) is 73.9 Å². The van der Waals surface area contributed by atoms with Crippen LogP contribution in [0.1, 0.15) is 72.0 Å². The van der Waals surface area contributed by atoms with E-state index in [1.165, 1.54) is 30.4 Å². The Hall–Kier alpha value is -2.55. The summed E-state index contributed by atoms with van der Waals surface area (Å²) in [7, 11) is 1.99. The first kappa shape index (κ1) is 18.5. The molecule has 29 heavy (non-hydrogen) atoms. The van der Waals surface area contributed by atoms with Crippen LogP contribution in [0.15, 0.2) is 60.7 Å². The van der Waals surface area contributed by atoms with E-state index in [9.17, 15) is 4.79 Å². The third kappa shape index (κ3) is 3.27. The van der Waals surface area contributed by atoms with Crippen molar-refractivity contribution in [1.29, 1.82) is 0 Å². The van der Waals surface area contributed by atoms with E-state index in [1.807, 2.05) is 18.0 Å². The fourth-order valence-corrected chi connectivity index (χ4v) is 5.61. The van der Waals surface area contributed by atoms with Gasteiger partial charge < -0.3 is 10.2 Å². The van der Waals surface area contributed by atoms with Crippen molar-refractivity contribution in [2.75, 3.05) is 12.4 Å². The maximum atomic E-state index is 13.5.